The van der Waals surface area contributed by atoms with Crippen LogP contribution in [-0.2, 0) is 13.1 Å². The molecule has 0 radical (unpaired) electrons. The van der Waals surface area contributed by atoms with Gasteiger partial charge in [0.2, 0.25) is 0 Å². The highest BCUT2D eigenvalue weighted by molar-refractivity contribution is 14.1. The van der Waals surface area contributed by atoms with Crippen molar-refractivity contribution in [3.63, 3.8) is 0 Å². The van der Waals surface area contributed by atoms with Gasteiger partial charge in [-0.1, -0.05) is 56.1 Å². The summed E-state index contributed by atoms with van der Waals surface area (Å²) in [6.07, 6.45) is 0. The number of hydrogen-bond donors (Lipinski definition) is 0. The smallest absolute Gasteiger partial charge is 0.162 e. The van der Waals surface area contributed by atoms with Crippen LogP contribution in [0.4, 0.5) is 0 Å². The van der Waals surface area contributed by atoms with Crippen LogP contribution >= 0.6 is 102 Å². The molecule has 30 heavy (non-hydrogen) atoms. The molecular formula is C18H12Br5IN6. The number of aromatic nitrogens is 6. The Balaban J connectivity index is 0.000000171. The molecule has 0 bridgehead atoms. The molecule has 0 saturated heterocycles. The van der Waals surface area contributed by atoms with Crippen molar-refractivity contribution in [3.8, 4) is 0 Å². The number of hydrogen-bond acceptors (Lipinski definition) is 4. The monoisotopic (exact) mass is 834 g/mol. The van der Waals surface area contributed by atoms with E-state index in [1.807, 2.05) is 48.5 Å². The fourth-order valence-electron chi connectivity index (χ4n) is 2.26. The van der Waals surface area contributed by atoms with Crippen molar-refractivity contribution >= 4 is 102 Å². The maximum Gasteiger partial charge on any atom is 0.162 e. The van der Waals surface area contributed by atoms with Crippen molar-refractivity contribution < 1.29 is 0 Å². The zero-order valence-electron chi connectivity index (χ0n) is 15.0. The normalized spacial score (nSPS) is 10.6. The van der Waals surface area contributed by atoms with Gasteiger partial charge in [0, 0.05) is 8.95 Å². The molecule has 6 nitrogen and oxygen atoms in total. The second-order valence-corrected chi connectivity index (χ2v) is 11.0. The van der Waals surface area contributed by atoms with Gasteiger partial charge >= 0.3 is 0 Å². The van der Waals surface area contributed by atoms with E-state index in [4.69, 9.17) is 0 Å². The zero-order chi connectivity index (χ0) is 21.7. The van der Waals surface area contributed by atoms with Crippen LogP contribution in [0.5, 0.6) is 0 Å². The van der Waals surface area contributed by atoms with Gasteiger partial charge < -0.3 is 0 Å². The molecule has 156 valence electrons. The lowest BCUT2D eigenvalue weighted by Gasteiger charge is -1.99. The minimum atomic E-state index is 0.664. The minimum absolute atomic E-state index is 0.664. The Morgan fingerprint density at radius 1 is 0.567 bits per heavy atom. The molecule has 2 aromatic carbocycles. The molecule has 2 heterocycles. The van der Waals surface area contributed by atoms with Gasteiger partial charge in [-0.25, -0.2) is 0 Å². The summed E-state index contributed by atoms with van der Waals surface area (Å²) in [6, 6.07) is 16.2. The van der Waals surface area contributed by atoms with Crippen LogP contribution in [0.2, 0.25) is 0 Å². The van der Waals surface area contributed by atoms with E-state index < -0.39 is 0 Å². The van der Waals surface area contributed by atoms with Crippen molar-refractivity contribution in [1.82, 2.24) is 30.0 Å². The quantitative estimate of drug-likeness (QED) is 0.207. The highest BCUT2D eigenvalue weighted by Gasteiger charge is 2.06. The van der Waals surface area contributed by atoms with Gasteiger partial charge in [0.25, 0.3) is 0 Å². The van der Waals surface area contributed by atoms with Crippen molar-refractivity contribution in [2.24, 2.45) is 0 Å². The average molecular weight is 839 g/mol. The Bertz CT molecular complexity index is 983. The van der Waals surface area contributed by atoms with Crippen molar-refractivity contribution in [2.45, 2.75) is 13.1 Å². The Labute approximate surface area is 229 Å². The predicted octanol–water partition coefficient (Wildman–Crippen LogP) is 7.07. The van der Waals surface area contributed by atoms with Crippen LogP contribution in [0.1, 0.15) is 11.1 Å². The highest BCUT2D eigenvalue weighted by Crippen LogP contribution is 2.18. The molecule has 0 spiro atoms. The summed E-state index contributed by atoms with van der Waals surface area (Å²) in [5.74, 6) is 0. The molecule has 0 amide bonds. The minimum Gasteiger partial charge on any atom is -0.178 e. The van der Waals surface area contributed by atoms with E-state index in [1.165, 1.54) is 5.56 Å². The Kier molecular flexibility index (Phi) is 9.50. The van der Waals surface area contributed by atoms with E-state index in [-0.39, 0.29) is 0 Å². The Hall–Kier alpha value is -0.150. The van der Waals surface area contributed by atoms with Crippen LogP contribution in [0.15, 0.2) is 71.3 Å². The Morgan fingerprint density at radius 2 is 0.933 bits per heavy atom. The van der Waals surface area contributed by atoms with Gasteiger partial charge in [-0.3, -0.25) is 0 Å². The third kappa shape index (κ3) is 7.47. The largest absolute Gasteiger partial charge is 0.178 e. The van der Waals surface area contributed by atoms with Crippen LogP contribution in [0, 0.1) is 3.70 Å². The van der Waals surface area contributed by atoms with Crippen LogP contribution < -0.4 is 0 Å². The highest BCUT2D eigenvalue weighted by atomic mass is 127. The summed E-state index contributed by atoms with van der Waals surface area (Å²) in [7, 11) is 0. The summed E-state index contributed by atoms with van der Waals surface area (Å²) in [6.45, 7) is 1.35. The molecule has 0 aliphatic heterocycles. The van der Waals surface area contributed by atoms with Crippen molar-refractivity contribution in [1.29, 1.82) is 0 Å². The molecule has 0 saturated carbocycles. The third-order valence-corrected chi connectivity index (χ3v) is 8.29. The summed E-state index contributed by atoms with van der Waals surface area (Å²) in [5.41, 5.74) is 2.34. The average Bonchev–Trinajstić information content (AvgIpc) is 3.19. The fourth-order valence-corrected chi connectivity index (χ4v) is 3.94. The molecule has 0 aliphatic carbocycles. The van der Waals surface area contributed by atoms with Gasteiger partial charge in [-0.05, 0) is 106 Å². The molecule has 12 heteroatoms. The van der Waals surface area contributed by atoms with Gasteiger partial charge in [-0.15, -0.1) is 20.4 Å². The van der Waals surface area contributed by atoms with Gasteiger partial charge in [0.05, 0.1) is 13.1 Å². The lowest BCUT2D eigenvalue weighted by Crippen LogP contribution is -2.03. The first kappa shape index (κ1) is 24.5. The first-order valence-corrected chi connectivity index (χ1v) is 13.4. The van der Waals surface area contributed by atoms with Gasteiger partial charge in [0.1, 0.15) is 0 Å². The second kappa shape index (κ2) is 11.6. The number of halogens is 6. The first-order valence-electron chi connectivity index (χ1n) is 8.31. The summed E-state index contributed by atoms with van der Waals surface area (Å²) in [4.78, 5) is 3.31. The summed E-state index contributed by atoms with van der Waals surface area (Å²) < 4.78 is 5.27. The van der Waals surface area contributed by atoms with E-state index in [0.717, 1.165) is 32.0 Å². The van der Waals surface area contributed by atoms with E-state index in [1.54, 1.807) is 9.59 Å². The molecule has 2 aromatic heterocycles. The number of benzene rings is 2. The van der Waals surface area contributed by atoms with Crippen LogP contribution in [0.3, 0.4) is 0 Å². The lowest BCUT2D eigenvalue weighted by molar-refractivity contribution is 0.586. The van der Waals surface area contributed by atoms with Crippen molar-refractivity contribution in [2.75, 3.05) is 0 Å². The maximum absolute atomic E-state index is 4.26. The SMILES string of the molecule is Brc1ccc(Cn2nc(Br)c(Br)n2)cc1.Brc1ccc(Cn2nc(Br)c(I)n2)cc1. The molecule has 0 aliphatic rings. The van der Waals surface area contributed by atoms with Gasteiger partial charge in [-0.2, -0.15) is 9.59 Å². The molecule has 0 N–H and O–H groups in total. The number of rotatable bonds is 4. The first-order chi connectivity index (χ1) is 14.3. The van der Waals surface area contributed by atoms with E-state index in [9.17, 15) is 0 Å². The maximum atomic E-state index is 4.26. The lowest BCUT2D eigenvalue weighted by atomic mass is 10.2. The fraction of sp³-hybridized carbons (Fsp3) is 0.111. The van der Waals surface area contributed by atoms with E-state index >= 15 is 0 Å². The summed E-state index contributed by atoms with van der Waals surface area (Å²) >= 11 is 18.9. The Morgan fingerprint density at radius 3 is 1.30 bits per heavy atom. The molecule has 0 unspecified atom stereocenters. The van der Waals surface area contributed by atoms with Crippen molar-refractivity contribution in [3.05, 3.63) is 86.1 Å². The standard InChI is InChI=1S/C9H6Br3N3.C9H6Br2IN3/c2*10-7-3-1-6(2-4-7)5-15-13-8(11)9(12)14-15/h2*1-4H,5H2. The molecular weight excluding hydrogens is 827 g/mol. The molecule has 0 atom stereocenters. The third-order valence-electron chi connectivity index (χ3n) is 3.63. The molecule has 0 fully saturated rings. The van der Waals surface area contributed by atoms with E-state index in [0.29, 0.717) is 13.1 Å². The van der Waals surface area contributed by atoms with Gasteiger partial charge in [0.15, 0.2) is 17.5 Å². The second-order valence-electron chi connectivity index (χ2n) is 5.88. The molecule has 4 aromatic rings. The van der Waals surface area contributed by atoms with Crippen LogP contribution in [-0.4, -0.2) is 30.0 Å². The van der Waals surface area contributed by atoms with E-state index in [2.05, 4.69) is 123 Å². The summed E-state index contributed by atoms with van der Waals surface area (Å²) in [5, 5.41) is 16.9. The number of nitrogens with zero attached hydrogens (tertiary/aromatic N) is 6. The molecule has 4 rings (SSSR count). The predicted molar refractivity (Wildman–Crippen MR) is 142 cm³/mol. The topological polar surface area (TPSA) is 61.4 Å². The zero-order valence-corrected chi connectivity index (χ0v) is 25.1. The van der Waals surface area contributed by atoms with Crippen LogP contribution in [0.25, 0.3) is 0 Å².